The second-order valence-corrected chi connectivity index (χ2v) is 16.5. The highest BCUT2D eigenvalue weighted by Gasteiger charge is 2.24. The summed E-state index contributed by atoms with van der Waals surface area (Å²) in [5.41, 5.74) is 0. The molecule has 0 fully saturated rings. The number of unbranched alkanes of at least 4 members (excludes halogenated alkanes) is 25. The van der Waals surface area contributed by atoms with Gasteiger partial charge in [0.15, 0.2) is 0 Å². The molecule has 0 aromatic heterocycles. The number of aliphatic hydroxyl groups excluding tert-OH is 2. The highest BCUT2D eigenvalue weighted by molar-refractivity contribution is 5.77. The van der Waals surface area contributed by atoms with Crippen molar-refractivity contribution in [3.8, 4) is 0 Å². The molecule has 0 saturated carbocycles. The van der Waals surface area contributed by atoms with Crippen molar-refractivity contribution in [1.82, 2.24) is 5.32 Å². The summed E-state index contributed by atoms with van der Waals surface area (Å²) in [4.78, 5) is 26.0. The third-order valence-electron chi connectivity index (χ3n) is 10.9. The predicted molar refractivity (Wildman–Crippen MR) is 245 cm³/mol. The summed E-state index contributed by atoms with van der Waals surface area (Å²) in [6.07, 6.45) is 53.1. The van der Waals surface area contributed by atoms with E-state index in [-0.39, 0.29) is 24.9 Å². The molecule has 57 heavy (non-hydrogen) atoms. The minimum Gasteiger partial charge on any atom is -0.462 e. The lowest BCUT2D eigenvalue weighted by atomic mass is 10.0. The molecule has 3 atom stereocenters. The Morgan fingerprint density at radius 2 is 1.00 bits per heavy atom. The smallest absolute Gasteiger partial charge is 0.306 e. The average molecular weight is 800 g/mol. The van der Waals surface area contributed by atoms with E-state index in [1.807, 2.05) is 0 Å². The minimum absolute atomic E-state index is 0.0607. The highest BCUT2D eigenvalue weighted by atomic mass is 16.5. The van der Waals surface area contributed by atoms with Gasteiger partial charge in [-0.15, -0.1) is 0 Å². The third-order valence-corrected chi connectivity index (χ3v) is 10.9. The van der Waals surface area contributed by atoms with E-state index in [4.69, 9.17) is 4.74 Å². The maximum Gasteiger partial charge on any atom is 0.306 e. The van der Waals surface area contributed by atoms with Crippen LogP contribution in [0.3, 0.4) is 0 Å². The summed E-state index contributed by atoms with van der Waals surface area (Å²) in [5, 5.41) is 23.7. The number of carbonyl (C=O) groups excluding carboxylic acids is 2. The fourth-order valence-corrected chi connectivity index (χ4v) is 7.26. The molecule has 3 unspecified atom stereocenters. The first-order valence-corrected chi connectivity index (χ1v) is 24.4. The van der Waals surface area contributed by atoms with Gasteiger partial charge in [-0.1, -0.05) is 211 Å². The van der Waals surface area contributed by atoms with Gasteiger partial charge < -0.3 is 20.3 Å². The number of hydrogen-bond donors (Lipinski definition) is 3. The van der Waals surface area contributed by atoms with E-state index in [0.29, 0.717) is 19.3 Å². The van der Waals surface area contributed by atoms with Gasteiger partial charge in [0.2, 0.25) is 5.91 Å². The van der Waals surface area contributed by atoms with Crippen molar-refractivity contribution in [3.05, 3.63) is 48.6 Å². The van der Waals surface area contributed by atoms with Gasteiger partial charge in [-0.05, 0) is 64.2 Å². The number of aliphatic hydroxyl groups is 2. The van der Waals surface area contributed by atoms with Crippen molar-refractivity contribution in [2.45, 2.75) is 257 Å². The number of hydrogen-bond acceptors (Lipinski definition) is 5. The van der Waals surface area contributed by atoms with Crippen LogP contribution in [-0.4, -0.2) is 46.9 Å². The standard InChI is InChI=1S/C51H93NO5/c1-4-7-10-13-16-19-22-24-25-27-29-31-34-37-40-43-49(54)48(46-53)52-50(55)45-47(42-39-36-33-30-28-26-23-20-17-14-11-8-5-2)57-51(56)44-41-38-35-32-21-18-15-12-9-6-3/h8,11-12,14-15,17,20,23,47-49,53-54H,4-7,9-10,13,16,18-19,21-22,24-46H2,1-3H3,(H,52,55)/b11-8+,15-12-,17-14+,23-20+. The van der Waals surface area contributed by atoms with Gasteiger partial charge in [0.25, 0.3) is 0 Å². The first-order chi connectivity index (χ1) is 28.0. The number of carbonyl (C=O) groups is 2. The maximum absolute atomic E-state index is 13.2. The molecular weight excluding hydrogens is 707 g/mol. The van der Waals surface area contributed by atoms with Crippen LogP contribution in [0.2, 0.25) is 0 Å². The number of amides is 1. The minimum atomic E-state index is -0.793. The molecule has 0 aliphatic rings. The van der Waals surface area contributed by atoms with Crippen LogP contribution in [0.5, 0.6) is 0 Å². The summed E-state index contributed by atoms with van der Waals surface area (Å²) in [7, 11) is 0. The highest BCUT2D eigenvalue weighted by Crippen LogP contribution is 2.18. The fourth-order valence-electron chi connectivity index (χ4n) is 7.26. The Bertz CT molecular complexity index is 988. The lowest BCUT2D eigenvalue weighted by molar-refractivity contribution is -0.151. The van der Waals surface area contributed by atoms with Crippen LogP contribution in [0.25, 0.3) is 0 Å². The average Bonchev–Trinajstić information content (AvgIpc) is 3.20. The van der Waals surface area contributed by atoms with Gasteiger partial charge >= 0.3 is 5.97 Å². The summed E-state index contributed by atoms with van der Waals surface area (Å²) >= 11 is 0. The molecule has 3 N–H and O–H groups in total. The molecular formula is C51H93NO5. The van der Waals surface area contributed by atoms with E-state index in [9.17, 15) is 19.8 Å². The first kappa shape index (κ1) is 54.8. The quantitative estimate of drug-likeness (QED) is 0.0247. The Balaban J connectivity index is 4.56. The van der Waals surface area contributed by atoms with Crippen molar-refractivity contribution < 1.29 is 24.5 Å². The van der Waals surface area contributed by atoms with E-state index in [0.717, 1.165) is 96.3 Å². The van der Waals surface area contributed by atoms with E-state index in [1.165, 1.54) is 96.3 Å². The molecule has 1 amide bonds. The van der Waals surface area contributed by atoms with Crippen LogP contribution in [0, 0.1) is 0 Å². The molecule has 6 nitrogen and oxygen atoms in total. The summed E-state index contributed by atoms with van der Waals surface area (Å²) in [6, 6.07) is -0.708. The number of nitrogens with one attached hydrogen (secondary N) is 1. The molecule has 0 aromatic rings. The predicted octanol–water partition coefficient (Wildman–Crippen LogP) is 14.3. The van der Waals surface area contributed by atoms with Crippen molar-refractivity contribution >= 4 is 11.9 Å². The van der Waals surface area contributed by atoms with Crippen LogP contribution in [0.4, 0.5) is 0 Å². The molecule has 0 aliphatic carbocycles. The van der Waals surface area contributed by atoms with Gasteiger partial charge in [0.05, 0.1) is 25.2 Å². The van der Waals surface area contributed by atoms with Crippen LogP contribution >= 0.6 is 0 Å². The molecule has 0 bridgehead atoms. The van der Waals surface area contributed by atoms with Gasteiger partial charge in [-0.3, -0.25) is 9.59 Å². The van der Waals surface area contributed by atoms with Crippen molar-refractivity contribution in [2.24, 2.45) is 0 Å². The van der Waals surface area contributed by atoms with Crippen LogP contribution in [-0.2, 0) is 14.3 Å². The number of ether oxygens (including phenoxy) is 1. The largest absolute Gasteiger partial charge is 0.462 e. The molecule has 6 heteroatoms. The number of allylic oxidation sites excluding steroid dienone is 8. The monoisotopic (exact) mass is 800 g/mol. The van der Waals surface area contributed by atoms with E-state index in [1.54, 1.807) is 0 Å². The zero-order valence-electron chi connectivity index (χ0n) is 37.7. The molecule has 0 heterocycles. The Labute approximate surface area is 353 Å². The zero-order valence-corrected chi connectivity index (χ0v) is 37.7. The second-order valence-electron chi connectivity index (χ2n) is 16.5. The molecule has 0 rings (SSSR count). The van der Waals surface area contributed by atoms with Crippen LogP contribution in [0.1, 0.15) is 239 Å². The van der Waals surface area contributed by atoms with Gasteiger partial charge in [0, 0.05) is 6.42 Å². The van der Waals surface area contributed by atoms with Gasteiger partial charge in [-0.25, -0.2) is 0 Å². The van der Waals surface area contributed by atoms with Gasteiger partial charge in [0.1, 0.15) is 6.10 Å². The lowest BCUT2D eigenvalue weighted by Gasteiger charge is -2.24. The Morgan fingerprint density at radius 1 is 0.526 bits per heavy atom. The van der Waals surface area contributed by atoms with E-state index in [2.05, 4.69) is 74.7 Å². The fraction of sp³-hybridized carbons (Fsp3) is 0.804. The van der Waals surface area contributed by atoms with Crippen molar-refractivity contribution in [2.75, 3.05) is 6.61 Å². The summed E-state index contributed by atoms with van der Waals surface area (Å²) in [6.45, 7) is 6.29. The topological polar surface area (TPSA) is 95.9 Å². The second kappa shape index (κ2) is 44.9. The normalized spacial score (nSPS) is 13.7. The molecule has 0 spiro atoms. The van der Waals surface area contributed by atoms with E-state index < -0.39 is 18.2 Å². The summed E-state index contributed by atoms with van der Waals surface area (Å²) in [5.74, 6) is -0.505. The van der Waals surface area contributed by atoms with Crippen LogP contribution < -0.4 is 5.32 Å². The van der Waals surface area contributed by atoms with Crippen LogP contribution in [0.15, 0.2) is 48.6 Å². The zero-order chi connectivity index (χ0) is 41.7. The molecule has 0 aliphatic heterocycles. The molecule has 0 radical (unpaired) electrons. The summed E-state index contributed by atoms with van der Waals surface area (Å²) < 4.78 is 5.89. The number of esters is 1. The molecule has 0 saturated heterocycles. The van der Waals surface area contributed by atoms with Crippen molar-refractivity contribution in [3.63, 3.8) is 0 Å². The molecule has 332 valence electrons. The SMILES string of the molecule is CC/C=C/C=C/C=C/CCCCCCCC(CC(=O)NC(CO)C(O)CCCCCCCCCCCCCCCCC)OC(=O)CCCCCCC/C=C\CCC. The Kier molecular flexibility index (Phi) is 43.2. The lowest BCUT2D eigenvalue weighted by Crippen LogP contribution is -2.46. The third kappa shape index (κ3) is 40.4. The van der Waals surface area contributed by atoms with Crippen molar-refractivity contribution in [1.29, 1.82) is 0 Å². The van der Waals surface area contributed by atoms with Gasteiger partial charge in [-0.2, -0.15) is 0 Å². The Morgan fingerprint density at radius 3 is 1.54 bits per heavy atom. The van der Waals surface area contributed by atoms with E-state index >= 15 is 0 Å². The molecule has 0 aromatic carbocycles. The Hall–Kier alpha value is -2.18. The first-order valence-electron chi connectivity index (χ1n) is 24.4. The maximum atomic E-state index is 13.2. The number of rotatable bonds is 43.